The van der Waals surface area contributed by atoms with Crippen molar-refractivity contribution in [3.8, 4) is 0 Å². The number of likely N-dealkylation sites (N-methyl/N-ethyl adjacent to an activating group) is 1. The van der Waals surface area contributed by atoms with Crippen molar-refractivity contribution in [1.82, 2.24) is 15.5 Å². The molecule has 0 radical (unpaired) electrons. The minimum Gasteiger partial charge on any atom is -0.351 e. The second kappa shape index (κ2) is 7.56. The predicted octanol–water partition coefficient (Wildman–Crippen LogP) is 1.60. The average Bonchev–Trinajstić information content (AvgIpc) is 2.94. The van der Waals surface area contributed by atoms with Crippen LogP contribution in [-0.2, 0) is 11.3 Å². The van der Waals surface area contributed by atoms with E-state index in [4.69, 9.17) is 0 Å². The van der Waals surface area contributed by atoms with Gasteiger partial charge in [0.25, 0.3) is 5.91 Å². The van der Waals surface area contributed by atoms with Gasteiger partial charge in [-0.3, -0.25) is 9.59 Å². The van der Waals surface area contributed by atoms with Crippen molar-refractivity contribution in [2.24, 2.45) is 0 Å². The largest absolute Gasteiger partial charge is 0.351 e. The molecule has 116 valence electrons. The molecule has 2 amide bonds. The second-order valence-electron chi connectivity index (χ2n) is 5.38. The van der Waals surface area contributed by atoms with Crippen LogP contribution in [-0.4, -0.2) is 42.4 Å². The molecule has 0 spiro atoms. The molecule has 0 aromatic carbocycles. The molecule has 2 heterocycles. The summed E-state index contributed by atoms with van der Waals surface area (Å²) in [6, 6.07) is 3.97. The third-order valence-corrected chi connectivity index (χ3v) is 4.77. The van der Waals surface area contributed by atoms with Crippen LogP contribution < -0.4 is 10.6 Å². The van der Waals surface area contributed by atoms with E-state index in [1.165, 1.54) is 18.3 Å². The summed E-state index contributed by atoms with van der Waals surface area (Å²) in [5.41, 5.74) is 0. The van der Waals surface area contributed by atoms with Crippen molar-refractivity contribution in [3.63, 3.8) is 0 Å². The Balaban J connectivity index is 1.86. The molecule has 0 aliphatic carbocycles. The molecule has 1 unspecified atom stereocenters. The molecule has 1 aliphatic rings. The van der Waals surface area contributed by atoms with Crippen LogP contribution in [0.3, 0.4) is 0 Å². The van der Waals surface area contributed by atoms with Gasteiger partial charge in [-0.2, -0.15) is 0 Å². The third-order valence-electron chi connectivity index (χ3n) is 3.68. The van der Waals surface area contributed by atoms with Crippen LogP contribution >= 0.6 is 11.3 Å². The number of nitrogens with one attached hydrogen (secondary N) is 2. The quantitative estimate of drug-likeness (QED) is 0.868. The number of hydrogen-bond acceptors (Lipinski definition) is 4. The van der Waals surface area contributed by atoms with Crippen LogP contribution in [0.4, 0.5) is 0 Å². The number of rotatable bonds is 5. The molecule has 21 heavy (non-hydrogen) atoms. The summed E-state index contributed by atoms with van der Waals surface area (Å²) in [5, 5.41) is 5.86. The molecule has 0 saturated carbocycles. The summed E-state index contributed by atoms with van der Waals surface area (Å²) in [6.45, 7) is 7.23. The van der Waals surface area contributed by atoms with Crippen LogP contribution in [0.1, 0.15) is 41.2 Å². The van der Waals surface area contributed by atoms with Gasteiger partial charge in [0.05, 0.1) is 11.4 Å². The zero-order valence-electron chi connectivity index (χ0n) is 12.6. The fourth-order valence-electron chi connectivity index (χ4n) is 2.52. The standard InChI is InChI=1S/C15H23N3O2S/c1-3-18-8-4-5-12(10-18)17-15(20)14-7-6-13(21-14)9-16-11(2)19/h6-7,12H,3-5,8-10H2,1-2H3,(H,16,19)(H,17,20). The van der Waals surface area contributed by atoms with Crippen molar-refractivity contribution in [3.05, 3.63) is 21.9 Å². The van der Waals surface area contributed by atoms with Crippen molar-refractivity contribution in [2.75, 3.05) is 19.6 Å². The first-order valence-electron chi connectivity index (χ1n) is 7.45. The van der Waals surface area contributed by atoms with Crippen molar-refractivity contribution in [2.45, 2.75) is 39.3 Å². The van der Waals surface area contributed by atoms with Crippen LogP contribution in [0, 0.1) is 0 Å². The molecule has 6 heteroatoms. The highest BCUT2D eigenvalue weighted by Gasteiger charge is 2.21. The van der Waals surface area contributed by atoms with E-state index in [0.29, 0.717) is 11.4 Å². The van der Waals surface area contributed by atoms with Gasteiger partial charge in [0.2, 0.25) is 5.91 Å². The number of carbonyl (C=O) groups is 2. The topological polar surface area (TPSA) is 61.4 Å². The van der Waals surface area contributed by atoms with Crippen molar-refractivity contribution < 1.29 is 9.59 Å². The second-order valence-corrected chi connectivity index (χ2v) is 6.55. The van der Waals surface area contributed by atoms with Gasteiger partial charge in [0.15, 0.2) is 0 Å². The van der Waals surface area contributed by atoms with Crippen molar-refractivity contribution in [1.29, 1.82) is 0 Å². The van der Waals surface area contributed by atoms with Gasteiger partial charge < -0.3 is 15.5 Å². The Hall–Kier alpha value is -1.40. The normalized spacial score (nSPS) is 19.2. The lowest BCUT2D eigenvalue weighted by Gasteiger charge is -2.32. The van der Waals surface area contributed by atoms with Crippen LogP contribution in [0.2, 0.25) is 0 Å². The maximum Gasteiger partial charge on any atom is 0.261 e. The van der Waals surface area contributed by atoms with E-state index in [1.807, 2.05) is 12.1 Å². The minimum absolute atomic E-state index is 0.00275. The van der Waals surface area contributed by atoms with Crippen LogP contribution in [0.15, 0.2) is 12.1 Å². The lowest BCUT2D eigenvalue weighted by molar-refractivity contribution is -0.119. The highest BCUT2D eigenvalue weighted by Crippen LogP contribution is 2.17. The summed E-state index contributed by atoms with van der Waals surface area (Å²) in [4.78, 5) is 27.2. The summed E-state index contributed by atoms with van der Waals surface area (Å²) in [6.07, 6.45) is 2.18. The molecule has 0 bridgehead atoms. The highest BCUT2D eigenvalue weighted by atomic mass is 32.1. The van der Waals surface area contributed by atoms with Crippen LogP contribution in [0.25, 0.3) is 0 Å². The number of nitrogens with zero attached hydrogens (tertiary/aromatic N) is 1. The van der Waals surface area contributed by atoms with E-state index >= 15 is 0 Å². The monoisotopic (exact) mass is 309 g/mol. The Morgan fingerprint density at radius 2 is 2.24 bits per heavy atom. The summed E-state index contributed by atoms with van der Waals surface area (Å²) in [5.74, 6) is -0.0618. The van der Waals surface area contributed by atoms with E-state index in [2.05, 4.69) is 22.5 Å². The smallest absolute Gasteiger partial charge is 0.261 e. The maximum absolute atomic E-state index is 12.3. The third kappa shape index (κ3) is 4.82. The van der Waals surface area contributed by atoms with E-state index < -0.39 is 0 Å². The number of hydrogen-bond donors (Lipinski definition) is 2. The van der Waals surface area contributed by atoms with Gasteiger partial charge in [-0.25, -0.2) is 0 Å². The molecular weight excluding hydrogens is 286 g/mol. The van der Waals surface area contributed by atoms with Gasteiger partial charge in [-0.15, -0.1) is 11.3 Å². The van der Waals surface area contributed by atoms with Gasteiger partial charge in [0.1, 0.15) is 0 Å². The SMILES string of the molecule is CCN1CCCC(NC(=O)c2ccc(CNC(C)=O)s2)C1. The Morgan fingerprint density at radius 1 is 1.43 bits per heavy atom. The van der Waals surface area contributed by atoms with E-state index in [9.17, 15) is 9.59 Å². The first-order chi connectivity index (χ1) is 10.1. The van der Waals surface area contributed by atoms with Gasteiger partial charge in [-0.05, 0) is 38.1 Å². The first-order valence-corrected chi connectivity index (χ1v) is 8.26. The molecule has 1 saturated heterocycles. The number of likely N-dealkylation sites (tertiary alicyclic amines) is 1. The van der Waals surface area contributed by atoms with E-state index in [-0.39, 0.29) is 17.9 Å². The zero-order chi connectivity index (χ0) is 15.2. The van der Waals surface area contributed by atoms with Gasteiger partial charge >= 0.3 is 0 Å². The Morgan fingerprint density at radius 3 is 2.95 bits per heavy atom. The lowest BCUT2D eigenvalue weighted by atomic mass is 10.1. The lowest BCUT2D eigenvalue weighted by Crippen LogP contribution is -2.47. The average molecular weight is 309 g/mol. The maximum atomic E-state index is 12.3. The summed E-state index contributed by atoms with van der Waals surface area (Å²) < 4.78 is 0. The molecule has 1 aliphatic heterocycles. The molecule has 1 aromatic rings. The van der Waals surface area contributed by atoms with Gasteiger partial charge in [0, 0.05) is 24.4 Å². The van der Waals surface area contributed by atoms with Crippen molar-refractivity contribution >= 4 is 23.2 Å². The highest BCUT2D eigenvalue weighted by molar-refractivity contribution is 7.14. The number of carbonyl (C=O) groups excluding carboxylic acids is 2. The molecule has 2 rings (SSSR count). The fourth-order valence-corrected chi connectivity index (χ4v) is 3.37. The molecule has 1 aromatic heterocycles. The Bertz CT molecular complexity index is 501. The van der Waals surface area contributed by atoms with Gasteiger partial charge in [-0.1, -0.05) is 6.92 Å². The molecule has 5 nitrogen and oxygen atoms in total. The first kappa shape index (κ1) is 16.0. The summed E-state index contributed by atoms with van der Waals surface area (Å²) in [7, 11) is 0. The predicted molar refractivity (Wildman–Crippen MR) is 84.4 cm³/mol. The number of amides is 2. The summed E-state index contributed by atoms with van der Waals surface area (Å²) >= 11 is 1.44. The number of piperidine rings is 1. The molecule has 2 N–H and O–H groups in total. The molecular formula is C15H23N3O2S. The van der Waals surface area contributed by atoms with E-state index in [0.717, 1.165) is 37.4 Å². The number of thiophene rings is 1. The Kier molecular flexibility index (Phi) is 5.76. The van der Waals surface area contributed by atoms with E-state index in [1.54, 1.807) is 0 Å². The minimum atomic E-state index is -0.0590. The fraction of sp³-hybridized carbons (Fsp3) is 0.600. The Labute approximate surface area is 129 Å². The van der Waals surface area contributed by atoms with Crippen LogP contribution in [0.5, 0.6) is 0 Å². The zero-order valence-corrected chi connectivity index (χ0v) is 13.5. The molecule has 1 atom stereocenters. The molecule has 1 fully saturated rings.